The van der Waals surface area contributed by atoms with Crippen LogP contribution in [0, 0.1) is 5.41 Å². The number of morpholine rings is 1. The largest absolute Gasteiger partial charge is 0.379 e. The molecule has 1 spiro atoms. The minimum absolute atomic E-state index is 0.138. The van der Waals surface area contributed by atoms with Crippen molar-refractivity contribution in [2.24, 2.45) is 5.41 Å². The predicted molar refractivity (Wildman–Crippen MR) is 116 cm³/mol. The van der Waals surface area contributed by atoms with E-state index in [1.54, 1.807) is 0 Å². The van der Waals surface area contributed by atoms with Crippen LogP contribution < -0.4 is 0 Å². The van der Waals surface area contributed by atoms with E-state index in [1.165, 1.54) is 11.1 Å². The van der Waals surface area contributed by atoms with Gasteiger partial charge in [0.15, 0.2) is 0 Å². The highest BCUT2D eigenvalue weighted by molar-refractivity contribution is 5.84. The fourth-order valence-corrected chi connectivity index (χ4v) is 5.17. The zero-order valence-corrected chi connectivity index (χ0v) is 18.2. The molecule has 1 aromatic carbocycles. The lowest BCUT2D eigenvalue weighted by Crippen LogP contribution is -2.50. The Bertz CT molecular complexity index is 684. The van der Waals surface area contributed by atoms with Gasteiger partial charge in [-0.25, -0.2) is 0 Å². The van der Waals surface area contributed by atoms with Crippen molar-refractivity contribution in [2.45, 2.75) is 45.6 Å². The fraction of sp³-hybridized carbons (Fsp3) is 0.708. The van der Waals surface area contributed by atoms with Gasteiger partial charge in [0, 0.05) is 45.8 Å². The van der Waals surface area contributed by atoms with Crippen LogP contribution in [0.5, 0.6) is 0 Å². The van der Waals surface area contributed by atoms with Gasteiger partial charge >= 0.3 is 0 Å². The molecule has 0 aliphatic carbocycles. The Labute approximate surface area is 176 Å². The summed E-state index contributed by atoms with van der Waals surface area (Å²) < 4.78 is 5.45. The van der Waals surface area contributed by atoms with Crippen LogP contribution in [0.25, 0.3) is 0 Å². The molecule has 3 heterocycles. The summed E-state index contributed by atoms with van der Waals surface area (Å²) in [6, 6.07) is 8.83. The maximum atomic E-state index is 13.5. The molecule has 3 fully saturated rings. The van der Waals surface area contributed by atoms with E-state index in [4.69, 9.17) is 4.74 Å². The maximum absolute atomic E-state index is 13.5. The van der Waals surface area contributed by atoms with E-state index in [1.807, 2.05) is 0 Å². The highest BCUT2D eigenvalue weighted by atomic mass is 16.5. The minimum atomic E-state index is -0.138. The van der Waals surface area contributed by atoms with Gasteiger partial charge in [-0.2, -0.15) is 0 Å². The van der Waals surface area contributed by atoms with Gasteiger partial charge < -0.3 is 14.5 Å². The van der Waals surface area contributed by atoms with Crippen molar-refractivity contribution in [3.8, 4) is 0 Å². The Morgan fingerprint density at radius 1 is 0.966 bits per heavy atom. The number of hydrogen-bond donors (Lipinski definition) is 0. The number of nitrogens with zero attached hydrogens (tertiary/aromatic N) is 3. The van der Waals surface area contributed by atoms with E-state index in [9.17, 15) is 4.79 Å². The van der Waals surface area contributed by atoms with E-state index in [0.717, 1.165) is 84.8 Å². The predicted octanol–water partition coefficient (Wildman–Crippen LogP) is 2.96. The summed E-state index contributed by atoms with van der Waals surface area (Å²) in [7, 11) is 0. The molecule has 160 valence electrons. The molecule has 4 rings (SSSR count). The molecule has 1 atom stereocenters. The summed E-state index contributed by atoms with van der Waals surface area (Å²) in [6.07, 6.45) is 3.22. The molecule has 0 unspecified atom stereocenters. The summed E-state index contributed by atoms with van der Waals surface area (Å²) in [4.78, 5) is 20.6. The van der Waals surface area contributed by atoms with Crippen molar-refractivity contribution in [1.82, 2.24) is 14.7 Å². The van der Waals surface area contributed by atoms with Gasteiger partial charge in [0.1, 0.15) is 0 Å². The molecule has 0 radical (unpaired) electrons. The molecule has 5 nitrogen and oxygen atoms in total. The standard InChI is InChI=1S/C24H37N3O2/c1-20(2)22-6-4-21(5-7-22)18-27-10-3-8-24(23(27)28)9-11-26(19-24)13-12-25-14-16-29-17-15-25/h4-7,20H,3,8-19H2,1-2H3/t24-/m1/s1. The second-order valence-electron chi connectivity index (χ2n) is 9.49. The lowest BCUT2D eigenvalue weighted by Gasteiger charge is -2.39. The van der Waals surface area contributed by atoms with Crippen LogP contribution >= 0.6 is 0 Å². The molecule has 3 aliphatic heterocycles. The lowest BCUT2D eigenvalue weighted by molar-refractivity contribution is -0.146. The maximum Gasteiger partial charge on any atom is 0.230 e. The lowest BCUT2D eigenvalue weighted by atomic mass is 9.78. The van der Waals surface area contributed by atoms with Gasteiger partial charge in [-0.1, -0.05) is 38.1 Å². The average Bonchev–Trinajstić information content (AvgIpc) is 3.15. The molecule has 5 heteroatoms. The Balaban J connectivity index is 1.33. The number of likely N-dealkylation sites (tertiary alicyclic amines) is 2. The van der Waals surface area contributed by atoms with Crippen LogP contribution in [-0.4, -0.2) is 79.6 Å². The highest BCUT2D eigenvalue weighted by Crippen LogP contribution is 2.40. The molecule has 3 saturated heterocycles. The highest BCUT2D eigenvalue weighted by Gasteiger charge is 2.48. The van der Waals surface area contributed by atoms with Crippen molar-refractivity contribution in [2.75, 3.05) is 59.0 Å². The number of benzene rings is 1. The SMILES string of the molecule is CC(C)c1ccc(CN2CCC[C@]3(CCN(CCN4CCOCC4)C3)C2=O)cc1. The fourth-order valence-electron chi connectivity index (χ4n) is 5.17. The van der Waals surface area contributed by atoms with E-state index < -0.39 is 0 Å². The van der Waals surface area contributed by atoms with Crippen molar-refractivity contribution >= 4 is 5.91 Å². The Hall–Kier alpha value is -1.43. The number of carbonyl (C=O) groups is 1. The van der Waals surface area contributed by atoms with E-state index >= 15 is 0 Å². The van der Waals surface area contributed by atoms with Gasteiger partial charge in [-0.05, 0) is 42.9 Å². The van der Waals surface area contributed by atoms with E-state index in [2.05, 4.69) is 52.8 Å². The van der Waals surface area contributed by atoms with Crippen LogP contribution in [0.4, 0.5) is 0 Å². The van der Waals surface area contributed by atoms with Gasteiger partial charge in [-0.3, -0.25) is 9.69 Å². The van der Waals surface area contributed by atoms with Gasteiger partial charge in [0.05, 0.1) is 18.6 Å². The van der Waals surface area contributed by atoms with Crippen molar-refractivity contribution in [3.63, 3.8) is 0 Å². The first-order chi connectivity index (χ1) is 14.1. The monoisotopic (exact) mass is 399 g/mol. The zero-order chi connectivity index (χ0) is 20.3. The third-order valence-electron chi connectivity index (χ3n) is 7.11. The molecule has 0 aromatic heterocycles. The van der Waals surface area contributed by atoms with Crippen molar-refractivity contribution < 1.29 is 9.53 Å². The Kier molecular flexibility index (Phi) is 6.57. The van der Waals surface area contributed by atoms with Crippen LogP contribution in [-0.2, 0) is 16.1 Å². The first-order valence-electron chi connectivity index (χ1n) is 11.5. The molecule has 0 N–H and O–H groups in total. The normalized spacial score (nSPS) is 26.7. The van der Waals surface area contributed by atoms with Crippen LogP contribution in [0.3, 0.4) is 0 Å². The van der Waals surface area contributed by atoms with Crippen LogP contribution in [0.15, 0.2) is 24.3 Å². The molecule has 1 aromatic rings. The molecule has 0 bridgehead atoms. The van der Waals surface area contributed by atoms with Crippen LogP contribution in [0.1, 0.15) is 50.2 Å². The van der Waals surface area contributed by atoms with Crippen molar-refractivity contribution in [1.29, 1.82) is 0 Å². The summed E-state index contributed by atoms with van der Waals surface area (Å²) in [6.45, 7) is 14.1. The Morgan fingerprint density at radius 3 is 2.41 bits per heavy atom. The van der Waals surface area contributed by atoms with Gasteiger partial charge in [0.2, 0.25) is 5.91 Å². The number of rotatable bonds is 6. The smallest absolute Gasteiger partial charge is 0.230 e. The number of piperidine rings is 1. The number of hydrogen-bond acceptors (Lipinski definition) is 4. The van der Waals surface area contributed by atoms with Gasteiger partial charge in [0.25, 0.3) is 0 Å². The molecule has 29 heavy (non-hydrogen) atoms. The van der Waals surface area contributed by atoms with Crippen molar-refractivity contribution in [3.05, 3.63) is 35.4 Å². The number of carbonyl (C=O) groups excluding carboxylic acids is 1. The molecular weight excluding hydrogens is 362 g/mol. The number of amides is 1. The van der Waals surface area contributed by atoms with E-state index in [-0.39, 0.29) is 5.41 Å². The summed E-state index contributed by atoms with van der Waals surface area (Å²) in [5.41, 5.74) is 2.48. The summed E-state index contributed by atoms with van der Waals surface area (Å²) in [5, 5.41) is 0. The average molecular weight is 400 g/mol. The quantitative estimate of drug-likeness (QED) is 0.737. The topological polar surface area (TPSA) is 36.0 Å². The molecule has 3 aliphatic rings. The third kappa shape index (κ3) is 4.84. The Morgan fingerprint density at radius 2 is 1.69 bits per heavy atom. The third-order valence-corrected chi connectivity index (χ3v) is 7.11. The minimum Gasteiger partial charge on any atom is -0.379 e. The molecular formula is C24H37N3O2. The van der Waals surface area contributed by atoms with E-state index in [0.29, 0.717) is 11.8 Å². The summed E-state index contributed by atoms with van der Waals surface area (Å²) >= 11 is 0. The number of ether oxygens (including phenoxy) is 1. The van der Waals surface area contributed by atoms with Crippen LogP contribution in [0.2, 0.25) is 0 Å². The second kappa shape index (κ2) is 9.15. The molecule has 0 saturated carbocycles. The first-order valence-corrected chi connectivity index (χ1v) is 11.5. The second-order valence-corrected chi connectivity index (χ2v) is 9.49. The molecule has 1 amide bonds. The first kappa shape index (κ1) is 20.8. The van der Waals surface area contributed by atoms with Gasteiger partial charge in [-0.15, -0.1) is 0 Å². The summed E-state index contributed by atoms with van der Waals surface area (Å²) in [5.74, 6) is 0.941. The zero-order valence-electron chi connectivity index (χ0n) is 18.2.